The molecule has 5 heterocycles. The Bertz CT molecular complexity index is 1370. The highest BCUT2D eigenvalue weighted by atomic mass is 32.2. The Hall–Kier alpha value is -3.33. The van der Waals surface area contributed by atoms with Crippen LogP contribution in [0.5, 0.6) is 0 Å². The lowest BCUT2D eigenvalue weighted by molar-refractivity contribution is 0.532. The van der Waals surface area contributed by atoms with E-state index in [-0.39, 0.29) is 5.25 Å². The van der Waals surface area contributed by atoms with Gasteiger partial charge in [-0.25, -0.2) is 18.4 Å². The number of hydrogen-bond donors (Lipinski definition) is 0. The number of pyridine rings is 3. The van der Waals surface area contributed by atoms with Gasteiger partial charge < -0.3 is 4.90 Å². The minimum atomic E-state index is -2.99. The van der Waals surface area contributed by atoms with E-state index < -0.39 is 9.84 Å². The molecule has 0 saturated carbocycles. The summed E-state index contributed by atoms with van der Waals surface area (Å²) in [7, 11) is -1.11. The third kappa shape index (κ3) is 3.95. The quantitative estimate of drug-likeness (QED) is 0.473. The van der Waals surface area contributed by atoms with Crippen molar-refractivity contribution in [3.63, 3.8) is 0 Å². The molecule has 0 spiro atoms. The third-order valence-corrected chi connectivity index (χ3v) is 7.68. The van der Waals surface area contributed by atoms with Crippen molar-refractivity contribution in [2.75, 3.05) is 24.2 Å². The van der Waals surface area contributed by atoms with Crippen LogP contribution in [0.1, 0.15) is 12.8 Å². The second-order valence-corrected chi connectivity index (χ2v) is 10.6. The maximum absolute atomic E-state index is 11.8. The number of piperidine rings is 1. The lowest BCUT2D eigenvalue weighted by Crippen LogP contribution is -2.39. The van der Waals surface area contributed by atoms with Gasteiger partial charge in [-0.3, -0.25) is 9.67 Å². The van der Waals surface area contributed by atoms with Crippen LogP contribution >= 0.6 is 0 Å². The molecule has 0 bridgehead atoms. The SMILES string of the molecule is Cn1cc(-c2cc3ncccc3c(-c3ccc(N4CCC(S(C)(=O)=O)CC4)nc3)n2)cn1. The van der Waals surface area contributed by atoms with E-state index in [0.29, 0.717) is 25.9 Å². The second kappa shape index (κ2) is 7.98. The summed E-state index contributed by atoms with van der Waals surface area (Å²) in [6.07, 6.45) is 9.93. The molecule has 0 N–H and O–H groups in total. The van der Waals surface area contributed by atoms with Crippen molar-refractivity contribution in [1.82, 2.24) is 24.7 Å². The van der Waals surface area contributed by atoms with Gasteiger partial charge in [-0.2, -0.15) is 5.10 Å². The summed E-state index contributed by atoms with van der Waals surface area (Å²) < 4.78 is 25.4. The Kier molecular flexibility index (Phi) is 5.13. The molecule has 1 saturated heterocycles. The number of aromatic nitrogens is 5. The number of fused-ring (bicyclic) bond motifs is 1. The second-order valence-electron chi connectivity index (χ2n) is 8.25. The fourth-order valence-electron chi connectivity index (χ4n) is 4.22. The van der Waals surface area contributed by atoms with Crippen molar-refractivity contribution in [2.24, 2.45) is 7.05 Å². The molecule has 0 aromatic carbocycles. The smallest absolute Gasteiger partial charge is 0.150 e. The zero-order valence-electron chi connectivity index (χ0n) is 18.0. The maximum atomic E-state index is 11.8. The van der Waals surface area contributed by atoms with E-state index in [0.717, 1.165) is 39.2 Å². The van der Waals surface area contributed by atoms with Crippen LogP contribution in [0.15, 0.2) is 55.1 Å². The van der Waals surface area contributed by atoms with Gasteiger partial charge in [-0.15, -0.1) is 0 Å². The molecule has 0 atom stereocenters. The summed E-state index contributed by atoms with van der Waals surface area (Å²) in [6.45, 7) is 1.37. The van der Waals surface area contributed by atoms with E-state index in [1.54, 1.807) is 17.1 Å². The predicted molar refractivity (Wildman–Crippen MR) is 125 cm³/mol. The van der Waals surface area contributed by atoms with Crippen LogP contribution in [0, 0.1) is 0 Å². The van der Waals surface area contributed by atoms with E-state index in [4.69, 9.17) is 4.98 Å². The van der Waals surface area contributed by atoms with Crippen molar-refractivity contribution in [1.29, 1.82) is 0 Å². The molecule has 0 radical (unpaired) electrons. The average molecular weight is 449 g/mol. The highest BCUT2D eigenvalue weighted by Gasteiger charge is 2.27. The van der Waals surface area contributed by atoms with Crippen molar-refractivity contribution >= 4 is 26.6 Å². The number of aryl methyl sites for hydroxylation is 1. The van der Waals surface area contributed by atoms with Gasteiger partial charge in [0.2, 0.25) is 0 Å². The molecule has 9 heteroatoms. The first kappa shape index (κ1) is 20.6. The Morgan fingerprint density at radius 1 is 1.03 bits per heavy atom. The number of hydrogen-bond acceptors (Lipinski definition) is 7. The van der Waals surface area contributed by atoms with Gasteiger partial charge in [-0.05, 0) is 43.2 Å². The summed E-state index contributed by atoms with van der Waals surface area (Å²) in [6, 6.07) is 9.90. The molecule has 1 fully saturated rings. The zero-order valence-corrected chi connectivity index (χ0v) is 18.8. The van der Waals surface area contributed by atoms with Crippen molar-refractivity contribution in [3.05, 3.63) is 55.1 Å². The fourth-order valence-corrected chi connectivity index (χ4v) is 5.29. The van der Waals surface area contributed by atoms with Gasteiger partial charge in [-0.1, -0.05) is 0 Å². The maximum Gasteiger partial charge on any atom is 0.150 e. The lowest BCUT2D eigenvalue weighted by Gasteiger charge is -2.31. The molecule has 5 rings (SSSR count). The molecule has 4 aromatic rings. The van der Waals surface area contributed by atoms with Gasteiger partial charge >= 0.3 is 0 Å². The average Bonchev–Trinajstić information content (AvgIpc) is 3.24. The number of anilines is 1. The first-order valence-corrected chi connectivity index (χ1v) is 12.5. The van der Waals surface area contributed by atoms with Crippen LogP contribution in [0.3, 0.4) is 0 Å². The molecular weight excluding hydrogens is 424 g/mol. The van der Waals surface area contributed by atoms with Crippen LogP contribution in [0.25, 0.3) is 33.4 Å². The predicted octanol–water partition coefficient (Wildman–Crippen LogP) is 3.11. The van der Waals surface area contributed by atoms with Crippen LogP contribution in [-0.4, -0.2) is 57.7 Å². The Balaban J connectivity index is 1.47. The molecular formula is C23H24N6O2S. The molecule has 4 aromatic heterocycles. The topological polar surface area (TPSA) is 93.9 Å². The van der Waals surface area contributed by atoms with Crippen LogP contribution in [-0.2, 0) is 16.9 Å². The Morgan fingerprint density at radius 3 is 2.50 bits per heavy atom. The molecule has 8 nitrogen and oxygen atoms in total. The first-order chi connectivity index (χ1) is 15.4. The van der Waals surface area contributed by atoms with Crippen LogP contribution < -0.4 is 4.90 Å². The molecule has 1 aliphatic rings. The summed E-state index contributed by atoms with van der Waals surface area (Å²) >= 11 is 0. The number of nitrogens with zero attached hydrogens (tertiary/aromatic N) is 6. The molecule has 164 valence electrons. The van der Waals surface area contributed by atoms with E-state index in [2.05, 4.69) is 20.0 Å². The summed E-state index contributed by atoms with van der Waals surface area (Å²) in [5.41, 5.74) is 4.34. The highest BCUT2D eigenvalue weighted by Crippen LogP contribution is 2.31. The van der Waals surface area contributed by atoms with E-state index in [1.807, 2.05) is 49.8 Å². The molecule has 1 aliphatic heterocycles. The lowest BCUT2D eigenvalue weighted by atomic mass is 10.1. The van der Waals surface area contributed by atoms with Crippen molar-refractivity contribution in [3.8, 4) is 22.5 Å². The first-order valence-electron chi connectivity index (χ1n) is 10.5. The Morgan fingerprint density at radius 2 is 1.84 bits per heavy atom. The minimum absolute atomic E-state index is 0.253. The van der Waals surface area contributed by atoms with Gasteiger partial charge in [0.15, 0.2) is 0 Å². The Labute approximate surface area is 186 Å². The third-order valence-electron chi connectivity index (χ3n) is 5.99. The monoisotopic (exact) mass is 448 g/mol. The fraction of sp³-hybridized carbons (Fsp3) is 0.304. The largest absolute Gasteiger partial charge is 0.357 e. The summed E-state index contributed by atoms with van der Waals surface area (Å²) in [4.78, 5) is 16.3. The normalized spacial score (nSPS) is 15.4. The van der Waals surface area contributed by atoms with Gasteiger partial charge in [0.05, 0.1) is 28.4 Å². The summed E-state index contributed by atoms with van der Waals surface area (Å²) in [5, 5.41) is 4.97. The standard InChI is InChI=1S/C23H24N6O2S/c1-28-15-17(14-26-28)20-12-21-19(4-3-9-24-21)23(27-20)16-5-6-22(25-13-16)29-10-7-18(8-11-29)32(2,30)31/h3-6,9,12-15,18H,7-8,10-11H2,1-2H3. The molecule has 0 amide bonds. The van der Waals surface area contributed by atoms with E-state index in [1.165, 1.54) is 6.26 Å². The number of sulfone groups is 1. The van der Waals surface area contributed by atoms with Crippen molar-refractivity contribution in [2.45, 2.75) is 18.1 Å². The molecule has 0 aliphatic carbocycles. The molecule has 0 unspecified atom stereocenters. The minimum Gasteiger partial charge on any atom is -0.357 e. The van der Waals surface area contributed by atoms with Crippen LogP contribution in [0.4, 0.5) is 5.82 Å². The van der Waals surface area contributed by atoms with Crippen molar-refractivity contribution < 1.29 is 8.42 Å². The highest BCUT2D eigenvalue weighted by molar-refractivity contribution is 7.91. The number of rotatable bonds is 4. The molecule has 32 heavy (non-hydrogen) atoms. The summed E-state index contributed by atoms with van der Waals surface area (Å²) in [5.74, 6) is 0.853. The van der Waals surface area contributed by atoms with Crippen LogP contribution in [0.2, 0.25) is 0 Å². The van der Waals surface area contributed by atoms with E-state index in [9.17, 15) is 8.42 Å². The zero-order chi connectivity index (χ0) is 22.3. The van der Waals surface area contributed by atoms with Gasteiger partial charge in [0.1, 0.15) is 15.7 Å². The van der Waals surface area contributed by atoms with Gasteiger partial charge in [0.25, 0.3) is 0 Å². The van der Waals surface area contributed by atoms with Gasteiger partial charge in [0, 0.05) is 61.5 Å². The van der Waals surface area contributed by atoms with E-state index >= 15 is 0 Å².